The van der Waals surface area contributed by atoms with E-state index in [1.165, 1.54) is 16.7 Å². The first-order chi connectivity index (χ1) is 9.60. The molecule has 0 bridgehead atoms. The van der Waals surface area contributed by atoms with Gasteiger partial charge in [0.05, 0.1) is 6.10 Å². The first-order valence-corrected chi connectivity index (χ1v) is 8.80. The van der Waals surface area contributed by atoms with Gasteiger partial charge in [0.2, 0.25) is 0 Å². The van der Waals surface area contributed by atoms with Crippen molar-refractivity contribution in [2.45, 2.75) is 38.8 Å². The van der Waals surface area contributed by atoms with Crippen LogP contribution in [0.3, 0.4) is 0 Å². The fraction of sp³-hybridized carbons (Fsp3) is 0.625. The standard InChI is InChI=1S/C16H25NO2S/c1-12-6-7-13(2)15(9-12)16(17-3)11-20(18)10-14-5-4-8-19-14/h6-7,9,14,16-17H,4-5,8,10-11H2,1-3H3. The number of nitrogens with one attached hydrogen (secondary N) is 1. The number of hydrogen-bond donors (Lipinski definition) is 1. The highest BCUT2D eigenvalue weighted by Gasteiger charge is 2.21. The molecule has 1 heterocycles. The molecule has 3 atom stereocenters. The van der Waals surface area contributed by atoms with Gasteiger partial charge in [-0.1, -0.05) is 23.8 Å². The summed E-state index contributed by atoms with van der Waals surface area (Å²) in [7, 11) is 1.10. The molecule has 0 aliphatic carbocycles. The minimum atomic E-state index is -0.843. The minimum absolute atomic E-state index is 0.150. The van der Waals surface area contributed by atoms with Gasteiger partial charge < -0.3 is 10.1 Å². The van der Waals surface area contributed by atoms with Crippen LogP contribution in [-0.4, -0.2) is 35.5 Å². The van der Waals surface area contributed by atoms with Crippen LogP contribution in [0.4, 0.5) is 0 Å². The number of ether oxygens (including phenoxy) is 1. The second-order valence-corrected chi connectivity index (χ2v) is 7.16. The molecular weight excluding hydrogens is 270 g/mol. The van der Waals surface area contributed by atoms with Gasteiger partial charge in [-0.25, -0.2) is 0 Å². The quantitative estimate of drug-likeness (QED) is 0.876. The van der Waals surface area contributed by atoms with E-state index in [9.17, 15) is 4.21 Å². The van der Waals surface area contributed by atoms with E-state index in [0.717, 1.165) is 19.4 Å². The summed E-state index contributed by atoms with van der Waals surface area (Å²) in [5.74, 6) is 1.32. The molecule has 1 aromatic carbocycles. The molecule has 20 heavy (non-hydrogen) atoms. The Balaban J connectivity index is 2.00. The molecular formula is C16H25NO2S. The lowest BCUT2D eigenvalue weighted by Crippen LogP contribution is -2.27. The zero-order valence-electron chi connectivity index (χ0n) is 12.6. The van der Waals surface area contributed by atoms with Crippen LogP contribution in [-0.2, 0) is 15.5 Å². The molecule has 4 heteroatoms. The normalized spacial score (nSPS) is 21.9. The second kappa shape index (κ2) is 7.34. The molecule has 0 spiro atoms. The zero-order chi connectivity index (χ0) is 14.5. The maximum absolute atomic E-state index is 12.3. The van der Waals surface area contributed by atoms with Gasteiger partial charge in [0.1, 0.15) is 0 Å². The van der Waals surface area contributed by atoms with Crippen molar-refractivity contribution in [2.75, 3.05) is 25.2 Å². The highest BCUT2D eigenvalue weighted by atomic mass is 32.2. The van der Waals surface area contributed by atoms with Crippen LogP contribution >= 0.6 is 0 Å². The van der Waals surface area contributed by atoms with Crippen LogP contribution in [0, 0.1) is 13.8 Å². The summed E-state index contributed by atoms with van der Waals surface area (Å²) < 4.78 is 17.9. The molecule has 0 saturated carbocycles. The molecule has 112 valence electrons. The largest absolute Gasteiger partial charge is 0.377 e. The van der Waals surface area contributed by atoms with E-state index >= 15 is 0 Å². The predicted octanol–water partition coefficient (Wildman–Crippen LogP) is 2.49. The van der Waals surface area contributed by atoms with Gasteiger partial charge in [0, 0.05) is 35.0 Å². The zero-order valence-corrected chi connectivity index (χ0v) is 13.5. The number of hydrogen-bond acceptors (Lipinski definition) is 3. The molecule has 1 aliphatic rings. The monoisotopic (exact) mass is 295 g/mol. The van der Waals surface area contributed by atoms with Crippen LogP contribution in [0.5, 0.6) is 0 Å². The molecule has 0 aromatic heterocycles. The third-order valence-electron chi connectivity index (χ3n) is 3.91. The van der Waals surface area contributed by atoms with E-state index in [0.29, 0.717) is 11.5 Å². The Kier molecular flexibility index (Phi) is 5.75. The Bertz CT molecular complexity index is 470. The average molecular weight is 295 g/mol. The molecule has 1 aromatic rings. The van der Waals surface area contributed by atoms with Crippen molar-refractivity contribution in [3.63, 3.8) is 0 Å². The van der Waals surface area contributed by atoms with Gasteiger partial charge in [-0.2, -0.15) is 0 Å². The van der Waals surface area contributed by atoms with Crippen molar-refractivity contribution in [1.82, 2.24) is 5.32 Å². The van der Waals surface area contributed by atoms with Crippen LogP contribution in [0.2, 0.25) is 0 Å². The van der Waals surface area contributed by atoms with E-state index in [2.05, 4.69) is 37.4 Å². The molecule has 1 saturated heterocycles. The average Bonchev–Trinajstić information content (AvgIpc) is 2.92. The summed E-state index contributed by atoms with van der Waals surface area (Å²) in [6, 6.07) is 6.60. The highest BCUT2D eigenvalue weighted by Crippen LogP contribution is 2.21. The van der Waals surface area contributed by atoms with Crippen molar-refractivity contribution in [3.8, 4) is 0 Å². The number of rotatable bonds is 6. The Morgan fingerprint density at radius 3 is 2.90 bits per heavy atom. The lowest BCUT2D eigenvalue weighted by atomic mass is 10.0. The lowest BCUT2D eigenvalue weighted by Gasteiger charge is -2.20. The predicted molar refractivity (Wildman–Crippen MR) is 84.6 cm³/mol. The molecule has 2 rings (SSSR count). The second-order valence-electron chi connectivity index (χ2n) is 5.61. The fourth-order valence-corrected chi connectivity index (χ4v) is 4.23. The van der Waals surface area contributed by atoms with Crippen LogP contribution in [0.15, 0.2) is 18.2 Å². The molecule has 3 unspecified atom stereocenters. The minimum Gasteiger partial charge on any atom is -0.377 e. The Morgan fingerprint density at radius 2 is 2.25 bits per heavy atom. The van der Waals surface area contributed by atoms with Crippen LogP contribution in [0.25, 0.3) is 0 Å². The molecule has 1 aliphatic heterocycles. The van der Waals surface area contributed by atoms with Crippen LogP contribution in [0.1, 0.15) is 35.6 Å². The molecule has 0 radical (unpaired) electrons. The van der Waals surface area contributed by atoms with Crippen molar-refractivity contribution >= 4 is 10.8 Å². The summed E-state index contributed by atoms with van der Waals surface area (Å²) in [6.45, 7) is 5.04. The van der Waals surface area contributed by atoms with Crippen molar-refractivity contribution in [1.29, 1.82) is 0 Å². The van der Waals surface area contributed by atoms with E-state index in [1.807, 2.05) is 7.05 Å². The SMILES string of the molecule is CNC(CS(=O)CC1CCCO1)c1cc(C)ccc1C. The van der Waals surface area contributed by atoms with Gasteiger partial charge in [0.25, 0.3) is 0 Å². The molecule has 0 amide bonds. The van der Waals surface area contributed by atoms with E-state index in [4.69, 9.17) is 4.74 Å². The topological polar surface area (TPSA) is 38.3 Å². The summed E-state index contributed by atoms with van der Waals surface area (Å²) >= 11 is 0. The summed E-state index contributed by atoms with van der Waals surface area (Å²) in [5.41, 5.74) is 3.76. The number of benzene rings is 1. The number of aryl methyl sites for hydroxylation is 2. The van der Waals surface area contributed by atoms with E-state index < -0.39 is 10.8 Å². The summed E-state index contributed by atoms with van der Waals surface area (Å²) in [6.07, 6.45) is 2.36. The van der Waals surface area contributed by atoms with Gasteiger partial charge in [-0.15, -0.1) is 0 Å². The summed E-state index contributed by atoms with van der Waals surface area (Å²) in [4.78, 5) is 0. The fourth-order valence-electron chi connectivity index (χ4n) is 2.70. The molecule has 3 nitrogen and oxygen atoms in total. The van der Waals surface area contributed by atoms with Crippen molar-refractivity contribution in [3.05, 3.63) is 34.9 Å². The van der Waals surface area contributed by atoms with Crippen molar-refractivity contribution in [2.24, 2.45) is 0 Å². The van der Waals surface area contributed by atoms with Gasteiger partial charge in [-0.05, 0) is 44.9 Å². The van der Waals surface area contributed by atoms with Gasteiger partial charge in [-0.3, -0.25) is 4.21 Å². The Morgan fingerprint density at radius 1 is 1.45 bits per heavy atom. The summed E-state index contributed by atoms with van der Waals surface area (Å²) in [5, 5.41) is 3.31. The molecule has 1 fully saturated rings. The Hall–Kier alpha value is -0.710. The first-order valence-electron chi connectivity index (χ1n) is 7.31. The maximum atomic E-state index is 12.3. The van der Waals surface area contributed by atoms with Gasteiger partial charge >= 0.3 is 0 Å². The third-order valence-corrected chi connectivity index (χ3v) is 5.36. The van der Waals surface area contributed by atoms with Crippen LogP contribution < -0.4 is 5.32 Å². The first kappa shape index (κ1) is 15.7. The lowest BCUT2D eigenvalue weighted by molar-refractivity contribution is 0.128. The molecule has 1 N–H and O–H groups in total. The smallest absolute Gasteiger partial charge is 0.0691 e. The Labute approximate surface area is 124 Å². The van der Waals surface area contributed by atoms with E-state index in [-0.39, 0.29) is 12.1 Å². The highest BCUT2D eigenvalue weighted by molar-refractivity contribution is 7.85. The van der Waals surface area contributed by atoms with Gasteiger partial charge in [0.15, 0.2) is 0 Å². The van der Waals surface area contributed by atoms with Crippen molar-refractivity contribution < 1.29 is 8.95 Å². The third kappa shape index (κ3) is 4.14. The van der Waals surface area contributed by atoms with E-state index in [1.54, 1.807) is 0 Å². The maximum Gasteiger partial charge on any atom is 0.0691 e.